The lowest BCUT2D eigenvalue weighted by Gasteiger charge is -2.27. The van der Waals surface area contributed by atoms with Crippen LogP contribution in [0.25, 0.3) is 0 Å². The van der Waals surface area contributed by atoms with E-state index in [1.165, 1.54) is 19.2 Å². The molecule has 0 unspecified atom stereocenters. The largest absolute Gasteiger partial charge is 0.497 e. The Kier molecular flexibility index (Phi) is 3.83. The summed E-state index contributed by atoms with van der Waals surface area (Å²) in [7, 11) is 1.40. The van der Waals surface area contributed by atoms with Crippen LogP contribution < -0.4 is 4.74 Å². The molecule has 0 radical (unpaired) electrons. The van der Waals surface area contributed by atoms with Crippen molar-refractivity contribution in [2.45, 2.75) is 31.6 Å². The highest BCUT2D eigenvalue weighted by molar-refractivity contribution is 5.98. The van der Waals surface area contributed by atoms with Gasteiger partial charge < -0.3 is 4.74 Å². The quantitative estimate of drug-likeness (QED) is 0.781. The number of ketones is 1. The van der Waals surface area contributed by atoms with Gasteiger partial charge in [0, 0.05) is 24.8 Å². The smallest absolute Gasteiger partial charge is 0.248 e. The van der Waals surface area contributed by atoms with E-state index in [1.807, 2.05) is 0 Å². The molecule has 0 bridgehead atoms. The van der Waals surface area contributed by atoms with Crippen LogP contribution >= 0.6 is 0 Å². The van der Waals surface area contributed by atoms with Crippen LogP contribution in [0.3, 0.4) is 0 Å². The molecule has 0 spiro atoms. The Morgan fingerprint density at radius 1 is 1.32 bits per heavy atom. The Morgan fingerprint density at radius 2 is 1.95 bits per heavy atom. The van der Waals surface area contributed by atoms with Crippen LogP contribution in [0.4, 0.5) is 13.2 Å². The average Bonchev–Trinajstić information content (AvgIpc) is 2.37. The van der Waals surface area contributed by atoms with Gasteiger partial charge in [-0.05, 0) is 25.0 Å². The van der Waals surface area contributed by atoms with Crippen LogP contribution in [-0.2, 0) is 0 Å². The number of alkyl halides is 2. The highest BCUT2D eigenvalue weighted by atomic mass is 19.3. The molecule has 0 heterocycles. The van der Waals surface area contributed by atoms with Gasteiger partial charge in [0.05, 0.1) is 12.7 Å². The van der Waals surface area contributed by atoms with E-state index >= 15 is 0 Å². The summed E-state index contributed by atoms with van der Waals surface area (Å²) in [6.45, 7) is 0. The minimum Gasteiger partial charge on any atom is -0.497 e. The van der Waals surface area contributed by atoms with Crippen molar-refractivity contribution in [1.82, 2.24) is 0 Å². The molecule has 0 atom stereocenters. The number of hydrogen-bond acceptors (Lipinski definition) is 2. The minimum absolute atomic E-state index is 0.0454. The van der Waals surface area contributed by atoms with Crippen molar-refractivity contribution in [2.24, 2.45) is 5.92 Å². The van der Waals surface area contributed by atoms with Gasteiger partial charge in [-0.25, -0.2) is 13.2 Å². The summed E-state index contributed by atoms with van der Waals surface area (Å²) in [5, 5.41) is 0. The van der Waals surface area contributed by atoms with Gasteiger partial charge >= 0.3 is 0 Å². The zero-order valence-electron chi connectivity index (χ0n) is 10.6. The van der Waals surface area contributed by atoms with Gasteiger partial charge in [-0.3, -0.25) is 4.79 Å². The lowest BCUT2D eigenvalue weighted by Crippen LogP contribution is -2.29. The molecule has 0 aromatic heterocycles. The summed E-state index contributed by atoms with van der Waals surface area (Å²) in [5.74, 6) is -3.93. The van der Waals surface area contributed by atoms with Crippen LogP contribution in [0.15, 0.2) is 18.2 Å². The van der Waals surface area contributed by atoms with E-state index in [4.69, 9.17) is 4.74 Å². The maximum Gasteiger partial charge on any atom is 0.248 e. The molecule has 0 aliphatic heterocycles. The molecular formula is C14H15F3O2. The normalized spacial score (nSPS) is 19.2. The lowest BCUT2D eigenvalue weighted by atomic mass is 9.82. The third kappa shape index (κ3) is 3.08. The van der Waals surface area contributed by atoms with E-state index in [1.54, 1.807) is 0 Å². The van der Waals surface area contributed by atoms with Crippen molar-refractivity contribution in [1.29, 1.82) is 0 Å². The van der Waals surface area contributed by atoms with Crippen molar-refractivity contribution in [3.8, 4) is 5.75 Å². The number of ether oxygens (including phenoxy) is 1. The van der Waals surface area contributed by atoms with E-state index < -0.39 is 23.4 Å². The zero-order chi connectivity index (χ0) is 14.0. The highest BCUT2D eigenvalue weighted by Gasteiger charge is 2.38. The van der Waals surface area contributed by atoms with E-state index in [0.717, 1.165) is 6.07 Å². The first-order chi connectivity index (χ1) is 8.93. The van der Waals surface area contributed by atoms with Crippen LogP contribution in [-0.4, -0.2) is 18.8 Å². The summed E-state index contributed by atoms with van der Waals surface area (Å²) in [5.41, 5.74) is -0.0454. The van der Waals surface area contributed by atoms with Gasteiger partial charge in [0.25, 0.3) is 0 Å². The average molecular weight is 272 g/mol. The summed E-state index contributed by atoms with van der Waals surface area (Å²) in [6, 6.07) is 3.97. The van der Waals surface area contributed by atoms with E-state index in [-0.39, 0.29) is 31.2 Å². The van der Waals surface area contributed by atoms with Gasteiger partial charge in [0.2, 0.25) is 5.92 Å². The van der Waals surface area contributed by atoms with Crippen LogP contribution in [0.1, 0.15) is 36.0 Å². The maximum atomic E-state index is 13.7. The molecule has 104 valence electrons. The summed E-state index contributed by atoms with van der Waals surface area (Å²) >= 11 is 0. The van der Waals surface area contributed by atoms with Crippen LogP contribution in [0, 0.1) is 11.7 Å². The molecule has 1 aliphatic carbocycles. The fourth-order valence-corrected chi connectivity index (χ4v) is 2.34. The first-order valence-electron chi connectivity index (χ1n) is 6.18. The molecule has 5 heteroatoms. The molecule has 1 aliphatic rings. The molecule has 1 fully saturated rings. The van der Waals surface area contributed by atoms with Gasteiger partial charge in [-0.2, -0.15) is 0 Å². The number of methoxy groups -OCH3 is 1. The number of rotatable bonds is 3. The van der Waals surface area contributed by atoms with Crippen LogP contribution in [0.5, 0.6) is 5.75 Å². The molecule has 1 aromatic carbocycles. The number of halogens is 3. The molecule has 2 nitrogen and oxygen atoms in total. The van der Waals surface area contributed by atoms with Crippen molar-refractivity contribution >= 4 is 5.78 Å². The first kappa shape index (κ1) is 13.9. The number of benzene rings is 1. The van der Waals surface area contributed by atoms with E-state index in [9.17, 15) is 18.0 Å². The van der Waals surface area contributed by atoms with Crippen molar-refractivity contribution in [3.63, 3.8) is 0 Å². The molecule has 0 amide bonds. The second-order valence-electron chi connectivity index (χ2n) is 4.84. The number of carbonyl (C=O) groups is 1. The molecule has 1 aromatic rings. The topological polar surface area (TPSA) is 26.3 Å². The Labute approximate surface area is 109 Å². The predicted octanol–water partition coefficient (Wildman–Crippen LogP) is 3.84. The Bertz CT molecular complexity index is 476. The minimum atomic E-state index is -2.69. The zero-order valence-corrected chi connectivity index (χ0v) is 10.6. The fourth-order valence-electron chi connectivity index (χ4n) is 2.34. The van der Waals surface area contributed by atoms with E-state index in [0.29, 0.717) is 5.75 Å². The molecular weight excluding hydrogens is 257 g/mol. The fraction of sp³-hybridized carbons (Fsp3) is 0.500. The number of Topliss-reactive ketones (excluding diaryl/α,β-unsaturated/α-hetero) is 1. The van der Waals surface area contributed by atoms with Crippen molar-refractivity contribution < 1.29 is 22.7 Å². The summed E-state index contributed by atoms with van der Waals surface area (Å²) in [4.78, 5) is 12.1. The third-order valence-corrected chi connectivity index (χ3v) is 3.53. The second kappa shape index (κ2) is 5.23. The first-order valence-corrected chi connectivity index (χ1v) is 6.18. The van der Waals surface area contributed by atoms with Gasteiger partial charge in [0.15, 0.2) is 5.78 Å². The second-order valence-corrected chi connectivity index (χ2v) is 4.84. The van der Waals surface area contributed by atoms with E-state index in [2.05, 4.69) is 0 Å². The number of hydrogen-bond donors (Lipinski definition) is 0. The standard InChI is InChI=1S/C14H15F3O2/c1-19-10-2-3-11(12(15)8-10)13(18)9-4-6-14(16,17)7-5-9/h2-3,8-9H,4-7H2,1H3. The number of carbonyl (C=O) groups excluding carboxylic acids is 1. The Morgan fingerprint density at radius 3 is 2.47 bits per heavy atom. The molecule has 0 saturated heterocycles. The maximum absolute atomic E-state index is 13.7. The van der Waals surface area contributed by atoms with Gasteiger partial charge in [-0.15, -0.1) is 0 Å². The monoisotopic (exact) mass is 272 g/mol. The van der Waals surface area contributed by atoms with Gasteiger partial charge in [0.1, 0.15) is 11.6 Å². The molecule has 2 rings (SSSR count). The third-order valence-electron chi connectivity index (χ3n) is 3.53. The molecule has 0 N–H and O–H groups in total. The Balaban J connectivity index is 2.12. The lowest BCUT2D eigenvalue weighted by molar-refractivity contribution is -0.0424. The van der Waals surface area contributed by atoms with Crippen molar-refractivity contribution in [2.75, 3.05) is 7.11 Å². The van der Waals surface area contributed by atoms with Crippen LogP contribution in [0.2, 0.25) is 0 Å². The Hall–Kier alpha value is -1.52. The molecule has 19 heavy (non-hydrogen) atoms. The SMILES string of the molecule is COc1ccc(C(=O)C2CCC(F)(F)CC2)c(F)c1. The molecule has 1 saturated carbocycles. The summed E-state index contributed by atoms with van der Waals surface area (Å²) < 4.78 is 44.6. The highest BCUT2D eigenvalue weighted by Crippen LogP contribution is 2.37. The summed E-state index contributed by atoms with van der Waals surface area (Å²) in [6.07, 6.45) is -0.392. The van der Waals surface area contributed by atoms with Gasteiger partial charge in [-0.1, -0.05) is 0 Å². The van der Waals surface area contributed by atoms with Crippen molar-refractivity contribution in [3.05, 3.63) is 29.6 Å². The predicted molar refractivity (Wildman–Crippen MR) is 64.2 cm³/mol.